The van der Waals surface area contributed by atoms with Crippen molar-refractivity contribution in [3.8, 4) is 0 Å². The van der Waals surface area contributed by atoms with E-state index in [1.807, 2.05) is 44.2 Å². The Morgan fingerprint density at radius 2 is 1.46 bits per heavy atom. The van der Waals surface area contributed by atoms with Gasteiger partial charge in [-0.3, -0.25) is 14.4 Å². The first kappa shape index (κ1) is 33.7. The number of carbonyl (C=O) groups excluding carboxylic acids is 3. The molecule has 2 aromatic carbocycles. The number of nitrogens with zero attached hydrogens (tertiary/aromatic N) is 1. The van der Waals surface area contributed by atoms with Gasteiger partial charge in [0.25, 0.3) is 11.8 Å². The fraction of sp³-hybridized carbons (Fsp3) is 0.452. The fourth-order valence-corrected chi connectivity index (χ4v) is 4.73. The molecular weight excluding hydrogens is 540 g/mol. The number of nitrogens with one attached hydrogen (secondary N) is 3. The van der Waals surface area contributed by atoms with Crippen LogP contribution >= 0.6 is 0 Å². The van der Waals surface area contributed by atoms with E-state index in [0.717, 1.165) is 36.9 Å². The minimum atomic E-state index is -3.37. The maximum atomic E-state index is 13.4. The molecule has 0 unspecified atom stereocenters. The number of sulfone groups is 1. The van der Waals surface area contributed by atoms with Crippen molar-refractivity contribution in [3.63, 3.8) is 0 Å². The Balaban J connectivity index is 2.15. The predicted molar refractivity (Wildman–Crippen MR) is 163 cm³/mol. The Morgan fingerprint density at radius 3 is 2.00 bits per heavy atom. The molecule has 0 aliphatic heterocycles. The third-order valence-electron chi connectivity index (χ3n) is 6.53. The molecule has 3 amide bonds. The van der Waals surface area contributed by atoms with Crippen molar-refractivity contribution in [3.05, 3.63) is 82.8 Å². The largest absolute Gasteiger partial charge is 0.351 e. The minimum Gasteiger partial charge on any atom is -0.351 e. The molecule has 3 N–H and O–H groups in total. The smallest absolute Gasteiger partial charge is 0.251 e. The summed E-state index contributed by atoms with van der Waals surface area (Å²) in [4.78, 5) is 41.3. The standard InChI is InChI=1S/C31H44N4O5S/c1-6-35(7-2)19-18-32-29(36)25-13-15-26(16-14-25)30(37)34-28(22-24-11-9-8-10-12-24)31(38)33-27(21-23(3)4)17-20-41(5,39)40/h8-17,20,23,27-28H,6-7,18-19,21-22H2,1-5H3,(H,32,36)(H,33,38)(H,34,37)/b20-17+/t27-,28+/m1/s1. The van der Waals surface area contributed by atoms with Crippen molar-refractivity contribution in [1.29, 1.82) is 0 Å². The SMILES string of the molecule is CCN(CC)CCNC(=O)c1ccc(C(=O)N[C@@H](Cc2ccccc2)C(=O)N[C@H](/C=C/S(C)(=O)=O)CC(C)C)cc1. The van der Waals surface area contributed by atoms with Gasteiger partial charge in [-0.05, 0) is 55.3 Å². The zero-order chi connectivity index (χ0) is 30.4. The molecule has 2 aromatic rings. The van der Waals surface area contributed by atoms with E-state index in [1.165, 1.54) is 6.08 Å². The summed E-state index contributed by atoms with van der Waals surface area (Å²) < 4.78 is 23.3. The second-order valence-electron chi connectivity index (χ2n) is 10.5. The molecule has 0 bridgehead atoms. The maximum Gasteiger partial charge on any atom is 0.251 e. The number of hydrogen-bond donors (Lipinski definition) is 3. The number of likely N-dealkylation sites (N-methyl/N-ethyl adjacent to an activating group) is 1. The van der Waals surface area contributed by atoms with E-state index in [1.54, 1.807) is 24.3 Å². The van der Waals surface area contributed by atoms with Gasteiger partial charge in [0, 0.05) is 48.3 Å². The van der Waals surface area contributed by atoms with Crippen LogP contribution in [0.4, 0.5) is 0 Å². The van der Waals surface area contributed by atoms with Gasteiger partial charge in [-0.25, -0.2) is 8.42 Å². The monoisotopic (exact) mass is 584 g/mol. The molecule has 0 radical (unpaired) electrons. The molecule has 224 valence electrons. The van der Waals surface area contributed by atoms with Crippen LogP contribution in [0.15, 0.2) is 66.1 Å². The van der Waals surface area contributed by atoms with Crippen LogP contribution in [0.2, 0.25) is 0 Å². The molecule has 2 atom stereocenters. The maximum absolute atomic E-state index is 13.4. The van der Waals surface area contributed by atoms with Gasteiger partial charge < -0.3 is 20.9 Å². The Hall–Kier alpha value is -3.50. The lowest BCUT2D eigenvalue weighted by Gasteiger charge is -2.23. The first-order chi connectivity index (χ1) is 19.4. The Bertz CT molecular complexity index is 1260. The molecule has 41 heavy (non-hydrogen) atoms. The van der Waals surface area contributed by atoms with Gasteiger partial charge in [-0.15, -0.1) is 0 Å². The van der Waals surface area contributed by atoms with Crippen molar-refractivity contribution in [2.45, 2.75) is 52.6 Å². The van der Waals surface area contributed by atoms with Crippen molar-refractivity contribution in [2.75, 3.05) is 32.4 Å². The number of rotatable bonds is 16. The molecule has 0 aliphatic carbocycles. The molecule has 0 heterocycles. The third-order valence-corrected chi connectivity index (χ3v) is 7.18. The first-order valence-electron chi connectivity index (χ1n) is 14.1. The van der Waals surface area contributed by atoms with Crippen LogP contribution in [0, 0.1) is 5.92 Å². The number of carbonyl (C=O) groups is 3. The van der Waals surface area contributed by atoms with Crippen LogP contribution in [-0.2, 0) is 21.1 Å². The molecule has 0 saturated carbocycles. The highest BCUT2D eigenvalue weighted by atomic mass is 32.2. The van der Waals surface area contributed by atoms with E-state index in [9.17, 15) is 22.8 Å². The van der Waals surface area contributed by atoms with Gasteiger partial charge in [0.2, 0.25) is 5.91 Å². The van der Waals surface area contributed by atoms with Crippen molar-refractivity contribution < 1.29 is 22.8 Å². The minimum absolute atomic E-state index is 0.194. The van der Waals surface area contributed by atoms with E-state index < -0.39 is 33.7 Å². The second-order valence-corrected chi connectivity index (χ2v) is 12.4. The summed E-state index contributed by atoms with van der Waals surface area (Å²) in [6.45, 7) is 11.2. The molecular formula is C31H44N4O5S. The predicted octanol–water partition coefficient (Wildman–Crippen LogP) is 3.19. The van der Waals surface area contributed by atoms with Gasteiger partial charge in [0.15, 0.2) is 9.84 Å². The van der Waals surface area contributed by atoms with Crippen LogP contribution in [0.5, 0.6) is 0 Å². The van der Waals surface area contributed by atoms with E-state index >= 15 is 0 Å². The third kappa shape index (κ3) is 12.7. The summed E-state index contributed by atoms with van der Waals surface area (Å²) in [6, 6.07) is 14.2. The van der Waals surface area contributed by atoms with E-state index in [0.29, 0.717) is 24.1 Å². The molecule has 10 heteroatoms. The van der Waals surface area contributed by atoms with Crippen molar-refractivity contribution in [2.24, 2.45) is 5.92 Å². The molecule has 0 fully saturated rings. The summed E-state index contributed by atoms with van der Waals surface area (Å²) in [6.07, 6.45) is 3.34. The Labute approximate surface area is 244 Å². The van der Waals surface area contributed by atoms with Gasteiger partial charge in [0.05, 0.1) is 0 Å². The lowest BCUT2D eigenvalue weighted by atomic mass is 10.0. The molecule has 2 rings (SSSR count). The van der Waals surface area contributed by atoms with Gasteiger partial charge in [-0.2, -0.15) is 0 Å². The molecule has 0 aromatic heterocycles. The average molecular weight is 585 g/mol. The second kappa shape index (κ2) is 16.7. The number of hydrogen-bond acceptors (Lipinski definition) is 6. The summed E-state index contributed by atoms with van der Waals surface area (Å²) in [5.74, 6) is -0.903. The Morgan fingerprint density at radius 1 is 0.878 bits per heavy atom. The summed E-state index contributed by atoms with van der Waals surface area (Å²) in [5, 5.41) is 9.70. The van der Waals surface area contributed by atoms with E-state index in [-0.39, 0.29) is 18.2 Å². The van der Waals surface area contributed by atoms with Crippen molar-refractivity contribution >= 4 is 27.6 Å². The van der Waals surface area contributed by atoms with Crippen LogP contribution in [0.3, 0.4) is 0 Å². The lowest BCUT2D eigenvalue weighted by molar-refractivity contribution is -0.123. The number of amides is 3. The van der Waals surface area contributed by atoms with Gasteiger partial charge in [-0.1, -0.05) is 64.1 Å². The van der Waals surface area contributed by atoms with E-state index in [4.69, 9.17) is 0 Å². The average Bonchev–Trinajstić information content (AvgIpc) is 2.93. The number of benzene rings is 2. The molecule has 0 spiro atoms. The normalized spacial score (nSPS) is 13.2. The quantitative estimate of drug-likeness (QED) is 0.278. The highest BCUT2D eigenvalue weighted by Gasteiger charge is 2.24. The van der Waals surface area contributed by atoms with Crippen LogP contribution < -0.4 is 16.0 Å². The highest BCUT2D eigenvalue weighted by molar-refractivity contribution is 7.93. The van der Waals surface area contributed by atoms with Gasteiger partial charge in [0.1, 0.15) is 6.04 Å². The van der Waals surface area contributed by atoms with Crippen LogP contribution in [-0.4, -0.2) is 75.6 Å². The summed E-state index contributed by atoms with van der Waals surface area (Å²) in [7, 11) is -3.37. The molecule has 9 nitrogen and oxygen atoms in total. The summed E-state index contributed by atoms with van der Waals surface area (Å²) in [5.41, 5.74) is 1.61. The fourth-order valence-electron chi connectivity index (χ4n) is 4.26. The van der Waals surface area contributed by atoms with Crippen LogP contribution in [0.1, 0.15) is 60.4 Å². The summed E-state index contributed by atoms with van der Waals surface area (Å²) >= 11 is 0. The first-order valence-corrected chi connectivity index (χ1v) is 16.0. The van der Waals surface area contributed by atoms with E-state index in [2.05, 4.69) is 34.7 Å². The highest BCUT2D eigenvalue weighted by Crippen LogP contribution is 2.11. The Kier molecular flexibility index (Phi) is 13.7. The molecule has 0 aliphatic rings. The van der Waals surface area contributed by atoms with Crippen molar-refractivity contribution in [1.82, 2.24) is 20.9 Å². The lowest BCUT2D eigenvalue weighted by Crippen LogP contribution is -2.50. The topological polar surface area (TPSA) is 125 Å². The van der Waals surface area contributed by atoms with Crippen LogP contribution in [0.25, 0.3) is 0 Å². The van der Waals surface area contributed by atoms with Gasteiger partial charge >= 0.3 is 0 Å². The zero-order valence-electron chi connectivity index (χ0n) is 24.7. The zero-order valence-corrected chi connectivity index (χ0v) is 25.5. The molecule has 0 saturated heterocycles.